The molecule has 0 unspecified atom stereocenters. The SMILES string of the molecule is COc1ccc(C=C(NC(=O)c2ccc(Br)o2)C(=O)Nc2ccccc2)cc1. The molecule has 0 saturated carbocycles. The van der Waals surface area contributed by atoms with E-state index in [1.165, 1.54) is 6.07 Å². The quantitative estimate of drug-likeness (QED) is 0.554. The Kier molecular flexibility index (Phi) is 6.29. The Morgan fingerprint density at radius 2 is 1.71 bits per heavy atom. The number of furan rings is 1. The first-order chi connectivity index (χ1) is 13.5. The number of hydrogen-bond acceptors (Lipinski definition) is 4. The summed E-state index contributed by atoms with van der Waals surface area (Å²) in [4.78, 5) is 25.2. The van der Waals surface area contributed by atoms with E-state index < -0.39 is 11.8 Å². The number of nitrogens with one attached hydrogen (secondary N) is 2. The van der Waals surface area contributed by atoms with Gasteiger partial charge >= 0.3 is 0 Å². The van der Waals surface area contributed by atoms with Crippen molar-refractivity contribution in [2.24, 2.45) is 0 Å². The lowest BCUT2D eigenvalue weighted by atomic mass is 10.1. The highest BCUT2D eigenvalue weighted by molar-refractivity contribution is 9.10. The Labute approximate surface area is 170 Å². The Morgan fingerprint density at radius 1 is 1.00 bits per heavy atom. The maximum Gasteiger partial charge on any atom is 0.291 e. The predicted octanol–water partition coefficient (Wildman–Crippen LogP) is 4.46. The molecule has 0 atom stereocenters. The maximum atomic E-state index is 12.8. The summed E-state index contributed by atoms with van der Waals surface area (Å²) in [6.07, 6.45) is 1.58. The van der Waals surface area contributed by atoms with Crippen molar-refractivity contribution in [1.29, 1.82) is 0 Å². The van der Waals surface area contributed by atoms with Crippen LogP contribution in [0.15, 0.2) is 81.5 Å². The summed E-state index contributed by atoms with van der Waals surface area (Å²) in [5, 5.41) is 5.37. The topological polar surface area (TPSA) is 80.6 Å². The van der Waals surface area contributed by atoms with Crippen LogP contribution in [0.2, 0.25) is 0 Å². The summed E-state index contributed by atoms with van der Waals surface area (Å²) < 4.78 is 10.8. The molecule has 0 saturated heterocycles. The van der Waals surface area contributed by atoms with E-state index in [1.54, 1.807) is 67.8 Å². The first-order valence-corrected chi connectivity index (χ1v) is 9.13. The number of ether oxygens (including phenoxy) is 1. The van der Waals surface area contributed by atoms with Crippen LogP contribution in [0.5, 0.6) is 5.75 Å². The van der Waals surface area contributed by atoms with Gasteiger partial charge in [-0.2, -0.15) is 0 Å². The van der Waals surface area contributed by atoms with Gasteiger partial charge in [-0.05, 0) is 64.0 Å². The fraction of sp³-hybridized carbons (Fsp3) is 0.0476. The van der Waals surface area contributed by atoms with Crippen molar-refractivity contribution in [2.45, 2.75) is 0 Å². The zero-order valence-electron chi connectivity index (χ0n) is 14.9. The third-order valence-electron chi connectivity index (χ3n) is 3.75. The van der Waals surface area contributed by atoms with E-state index in [0.717, 1.165) is 5.56 Å². The molecule has 28 heavy (non-hydrogen) atoms. The molecule has 1 aromatic heterocycles. The van der Waals surface area contributed by atoms with Gasteiger partial charge in [-0.25, -0.2) is 0 Å². The van der Waals surface area contributed by atoms with Gasteiger partial charge in [0.1, 0.15) is 11.4 Å². The molecule has 2 aromatic carbocycles. The van der Waals surface area contributed by atoms with E-state index in [-0.39, 0.29) is 11.5 Å². The zero-order valence-corrected chi connectivity index (χ0v) is 16.5. The molecule has 0 aliphatic carbocycles. The average Bonchev–Trinajstić information content (AvgIpc) is 3.15. The van der Waals surface area contributed by atoms with E-state index in [1.807, 2.05) is 6.07 Å². The molecular weight excluding hydrogens is 424 g/mol. The Morgan fingerprint density at radius 3 is 2.32 bits per heavy atom. The number of carbonyl (C=O) groups excluding carboxylic acids is 2. The van der Waals surface area contributed by atoms with Crippen LogP contribution in [-0.4, -0.2) is 18.9 Å². The lowest BCUT2D eigenvalue weighted by molar-refractivity contribution is -0.113. The van der Waals surface area contributed by atoms with Gasteiger partial charge in [0.15, 0.2) is 10.4 Å². The number of carbonyl (C=O) groups is 2. The summed E-state index contributed by atoms with van der Waals surface area (Å²) in [7, 11) is 1.57. The third-order valence-corrected chi connectivity index (χ3v) is 4.17. The number of anilines is 1. The molecule has 0 aliphatic rings. The second-order valence-electron chi connectivity index (χ2n) is 5.71. The molecule has 7 heteroatoms. The van der Waals surface area contributed by atoms with Gasteiger partial charge in [0, 0.05) is 5.69 Å². The number of halogens is 1. The highest BCUT2D eigenvalue weighted by Crippen LogP contribution is 2.17. The fourth-order valence-electron chi connectivity index (χ4n) is 2.37. The van der Waals surface area contributed by atoms with Gasteiger partial charge in [0.05, 0.1) is 7.11 Å². The largest absolute Gasteiger partial charge is 0.497 e. The van der Waals surface area contributed by atoms with Gasteiger partial charge in [0.2, 0.25) is 0 Å². The third kappa shape index (κ3) is 5.11. The monoisotopic (exact) mass is 440 g/mol. The minimum absolute atomic E-state index is 0.0755. The van der Waals surface area contributed by atoms with Crippen molar-refractivity contribution in [3.8, 4) is 5.75 Å². The van der Waals surface area contributed by atoms with Crippen LogP contribution >= 0.6 is 15.9 Å². The van der Waals surface area contributed by atoms with Crippen molar-refractivity contribution in [1.82, 2.24) is 5.32 Å². The molecule has 3 aromatic rings. The summed E-state index contributed by atoms with van der Waals surface area (Å²) in [6, 6.07) is 19.2. The summed E-state index contributed by atoms with van der Waals surface area (Å²) in [5.74, 6) is -0.216. The lowest BCUT2D eigenvalue weighted by Gasteiger charge is -2.10. The van der Waals surface area contributed by atoms with E-state index in [2.05, 4.69) is 26.6 Å². The van der Waals surface area contributed by atoms with Gasteiger partial charge in [-0.3, -0.25) is 9.59 Å². The number of benzene rings is 2. The predicted molar refractivity (Wildman–Crippen MR) is 110 cm³/mol. The number of rotatable bonds is 6. The molecule has 3 rings (SSSR count). The first kappa shape index (κ1) is 19.4. The van der Waals surface area contributed by atoms with Gasteiger partial charge in [-0.1, -0.05) is 30.3 Å². The standard InChI is InChI=1S/C21H17BrN2O4/c1-27-16-9-7-14(8-10-16)13-17(20(25)23-15-5-3-2-4-6-15)24-21(26)18-11-12-19(22)28-18/h2-13H,1H3,(H,23,25)(H,24,26). The van der Waals surface area contributed by atoms with Crippen LogP contribution in [0.1, 0.15) is 16.1 Å². The summed E-state index contributed by atoms with van der Waals surface area (Å²) >= 11 is 3.15. The lowest BCUT2D eigenvalue weighted by Crippen LogP contribution is -2.30. The number of amides is 2. The smallest absolute Gasteiger partial charge is 0.291 e. The highest BCUT2D eigenvalue weighted by Gasteiger charge is 2.17. The number of hydrogen-bond donors (Lipinski definition) is 2. The fourth-order valence-corrected chi connectivity index (χ4v) is 2.67. The van der Waals surface area contributed by atoms with Crippen LogP contribution in [-0.2, 0) is 4.79 Å². The van der Waals surface area contributed by atoms with Crippen LogP contribution in [0, 0.1) is 0 Å². The normalized spacial score (nSPS) is 11.0. The first-order valence-electron chi connectivity index (χ1n) is 8.34. The number of para-hydroxylation sites is 1. The molecule has 0 fully saturated rings. The minimum Gasteiger partial charge on any atom is -0.497 e. The van der Waals surface area contributed by atoms with Crippen LogP contribution in [0.25, 0.3) is 6.08 Å². The Balaban J connectivity index is 1.86. The average molecular weight is 441 g/mol. The molecule has 6 nitrogen and oxygen atoms in total. The molecular formula is C21H17BrN2O4. The van der Waals surface area contributed by atoms with E-state index in [0.29, 0.717) is 16.1 Å². The van der Waals surface area contributed by atoms with Gasteiger partial charge in [0.25, 0.3) is 11.8 Å². The molecule has 0 spiro atoms. The van der Waals surface area contributed by atoms with Crippen molar-refractivity contribution in [2.75, 3.05) is 12.4 Å². The highest BCUT2D eigenvalue weighted by atomic mass is 79.9. The maximum absolute atomic E-state index is 12.8. The summed E-state index contributed by atoms with van der Waals surface area (Å²) in [6.45, 7) is 0. The molecule has 0 bridgehead atoms. The van der Waals surface area contributed by atoms with E-state index in [4.69, 9.17) is 9.15 Å². The van der Waals surface area contributed by atoms with Crippen LogP contribution in [0.3, 0.4) is 0 Å². The Bertz CT molecular complexity index is 995. The summed E-state index contributed by atoms with van der Waals surface area (Å²) in [5.41, 5.74) is 1.41. The van der Waals surface area contributed by atoms with Gasteiger partial charge < -0.3 is 19.8 Å². The second kappa shape index (κ2) is 9.05. The number of methoxy groups -OCH3 is 1. The van der Waals surface area contributed by atoms with Crippen molar-refractivity contribution in [3.63, 3.8) is 0 Å². The second-order valence-corrected chi connectivity index (χ2v) is 6.49. The van der Waals surface area contributed by atoms with Gasteiger partial charge in [-0.15, -0.1) is 0 Å². The van der Waals surface area contributed by atoms with E-state index in [9.17, 15) is 9.59 Å². The Hall–Kier alpha value is -3.32. The van der Waals surface area contributed by atoms with Crippen LogP contribution in [0.4, 0.5) is 5.69 Å². The van der Waals surface area contributed by atoms with Crippen molar-refractivity contribution >= 4 is 39.5 Å². The van der Waals surface area contributed by atoms with E-state index >= 15 is 0 Å². The van der Waals surface area contributed by atoms with Crippen molar-refractivity contribution < 1.29 is 18.7 Å². The van der Waals surface area contributed by atoms with Crippen LogP contribution < -0.4 is 15.4 Å². The zero-order chi connectivity index (χ0) is 19.9. The minimum atomic E-state index is -0.534. The molecule has 2 amide bonds. The molecule has 0 aliphatic heterocycles. The molecule has 2 N–H and O–H groups in total. The van der Waals surface area contributed by atoms with Crippen molar-refractivity contribution in [3.05, 3.63) is 88.4 Å². The molecule has 0 radical (unpaired) electrons. The molecule has 142 valence electrons. The molecule has 1 heterocycles.